The molecule has 0 aliphatic rings. The molecule has 0 atom stereocenters. The van der Waals surface area contributed by atoms with Crippen LogP contribution in [-0.4, -0.2) is 16.7 Å². The van der Waals surface area contributed by atoms with Crippen molar-refractivity contribution < 1.29 is 14.5 Å². The zero-order chi connectivity index (χ0) is 12.8. The van der Waals surface area contributed by atoms with Crippen molar-refractivity contribution in [3.8, 4) is 0 Å². The molecule has 1 aromatic rings. The number of carbonyl (C=O) groups is 2. The molecule has 1 rings (SSSR count). The zero-order valence-corrected chi connectivity index (χ0v) is 8.47. The average Bonchev–Trinajstić information content (AvgIpc) is 2.35. The maximum absolute atomic E-state index is 10.9. The lowest BCUT2D eigenvalue weighted by Gasteiger charge is -2.06. The van der Waals surface area contributed by atoms with Crippen molar-refractivity contribution in [1.82, 2.24) is 10.9 Å². The van der Waals surface area contributed by atoms with Crippen LogP contribution < -0.4 is 22.1 Å². The number of carbonyl (C=O) groups excluding carboxylic acids is 2. The first-order valence-corrected chi connectivity index (χ1v) is 4.36. The summed E-state index contributed by atoms with van der Waals surface area (Å²) in [6, 6.07) is 5.24. The summed E-state index contributed by atoms with van der Waals surface area (Å²) in [7, 11) is 0. The first kappa shape index (κ1) is 12.4. The number of rotatable bonds is 3. The number of hydrogen-bond donors (Lipinski definition) is 4. The van der Waals surface area contributed by atoms with E-state index in [9.17, 15) is 19.7 Å². The smallest absolute Gasteiger partial charge is 0.298 e. The number of non-ortho nitro benzene ring substituents is 1. The molecule has 0 spiro atoms. The Bertz CT molecular complexity index is 444. The highest BCUT2D eigenvalue weighted by Crippen LogP contribution is 2.14. The van der Waals surface area contributed by atoms with Gasteiger partial charge in [-0.2, -0.15) is 0 Å². The lowest BCUT2D eigenvalue weighted by atomic mass is 10.3. The van der Waals surface area contributed by atoms with Gasteiger partial charge in [0.2, 0.25) is 0 Å². The van der Waals surface area contributed by atoms with E-state index in [-0.39, 0.29) is 5.69 Å². The van der Waals surface area contributed by atoms with Crippen LogP contribution in [0.3, 0.4) is 0 Å². The maximum Gasteiger partial charge on any atom is 0.328 e. The standard InChI is InChI=1S/C8H9N5O4/c9-10-7(14)8(15)12-11-5-1-3-6(4-2-5)13(16)17/h1-4,11H,9H2,(H,10,14)(H,12,15). The SMILES string of the molecule is NNC(=O)C(=O)NNc1ccc([N+](=O)[O-])cc1. The van der Waals surface area contributed by atoms with E-state index < -0.39 is 16.7 Å². The predicted octanol–water partition coefficient (Wildman–Crippen LogP) is -0.972. The van der Waals surface area contributed by atoms with Crippen LogP contribution in [0.1, 0.15) is 0 Å². The molecule has 0 radical (unpaired) electrons. The molecule has 0 saturated carbocycles. The van der Waals surface area contributed by atoms with Crippen LogP contribution >= 0.6 is 0 Å². The highest BCUT2D eigenvalue weighted by atomic mass is 16.6. The number of hydrazine groups is 2. The molecular formula is C8H9N5O4. The lowest BCUT2D eigenvalue weighted by molar-refractivity contribution is -0.384. The topological polar surface area (TPSA) is 139 Å². The van der Waals surface area contributed by atoms with E-state index in [2.05, 4.69) is 5.43 Å². The average molecular weight is 239 g/mol. The highest BCUT2D eigenvalue weighted by molar-refractivity contribution is 6.35. The minimum atomic E-state index is -1.01. The van der Waals surface area contributed by atoms with E-state index in [4.69, 9.17) is 5.84 Å². The monoisotopic (exact) mass is 239 g/mol. The minimum Gasteiger partial charge on any atom is -0.298 e. The summed E-state index contributed by atoms with van der Waals surface area (Å²) in [6.07, 6.45) is 0. The van der Waals surface area contributed by atoms with E-state index in [1.54, 1.807) is 5.43 Å². The number of hydrogen-bond acceptors (Lipinski definition) is 6. The second-order valence-corrected chi connectivity index (χ2v) is 2.86. The number of benzene rings is 1. The molecule has 9 nitrogen and oxygen atoms in total. The van der Waals surface area contributed by atoms with Crippen LogP contribution in [0.25, 0.3) is 0 Å². The van der Waals surface area contributed by atoms with Crippen molar-refractivity contribution >= 4 is 23.2 Å². The van der Waals surface area contributed by atoms with Crippen LogP contribution in [-0.2, 0) is 9.59 Å². The third kappa shape index (κ3) is 3.43. The molecule has 5 N–H and O–H groups in total. The molecule has 0 bridgehead atoms. The number of anilines is 1. The summed E-state index contributed by atoms with van der Waals surface area (Å²) < 4.78 is 0. The van der Waals surface area contributed by atoms with E-state index in [1.807, 2.05) is 5.43 Å². The quantitative estimate of drug-likeness (QED) is 0.176. The molecule has 9 heteroatoms. The normalized spacial score (nSPS) is 9.24. The number of nitrogens with one attached hydrogen (secondary N) is 3. The minimum absolute atomic E-state index is 0.0819. The zero-order valence-electron chi connectivity index (χ0n) is 8.47. The molecule has 0 saturated heterocycles. The molecular weight excluding hydrogens is 230 g/mol. The predicted molar refractivity (Wildman–Crippen MR) is 57.2 cm³/mol. The maximum atomic E-state index is 10.9. The summed E-state index contributed by atoms with van der Waals surface area (Å²) >= 11 is 0. The van der Waals surface area contributed by atoms with Crippen LogP contribution in [0.15, 0.2) is 24.3 Å². The first-order chi connectivity index (χ1) is 8.04. The summed E-state index contributed by atoms with van der Waals surface area (Å²) in [5.74, 6) is 2.74. The van der Waals surface area contributed by atoms with Crippen molar-refractivity contribution in [2.24, 2.45) is 5.84 Å². The Morgan fingerprint density at radius 3 is 2.24 bits per heavy atom. The van der Waals surface area contributed by atoms with Crippen LogP contribution in [0.5, 0.6) is 0 Å². The van der Waals surface area contributed by atoms with E-state index in [0.717, 1.165) is 0 Å². The van der Waals surface area contributed by atoms with Gasteiger partial charge in [0.15, 0.2) is 0 Å². The Balaban J connectivity index is 2.56. The summed E-state index contributed by atoms with van der Waals surface area (Å²) in [5, 5.41) is 10.4. The van der Waals surface area contributed by atoms with Gasteiger partial charge in [0, 0.05) is 12.1 Å². The first-order valence-electron chi connectivity index (χ1n) is 4.36. The van der Waals surface area contributed by atoms with Gasteiger partial charge in [-0.1, -0.05) is 0 Å². The van der Waals surface area contributed by atoms with Gasteiger partial charge in [-0.3, -0.25) is 36.0 Å². The molecule has 0 fully saturated rings. The van der Waals surface area contributed by atoms with Crippen LogP contribution in [0.2, 0.25) is 0 Å². The number of nitrogens with two attached hydrogens (primary N) is 1. The number of amides is 2. The van der Waals surface area contributed by atoms with Crippen molar-refractivity contribution in [2.45, 2.75) is 0 Å². The van der Waals surface area contributed by atoms with Gasteiger partial charge < -0.3 is 0 Å². The summed E-state index contributed by atoms with van der Waals surface area (Å²) in [6.45, 7) is 0. The highest BCUT2D eigenvalue weighted by Gasteiger charge is 2.10. The Morgan fingerprint density at radius 2 is 1.76 bits per heavy atom. The van der Waals surface area contributed by atoms with Crippen molar-refractivity contribution in [3.05, 3.63) is 34.4 Å². The summed E-state index contributed by atoms with van der Waals surface area (Å²) in [4.78, 5) is 31.5. The molecule has 0 aliphatic carbocycles. The number of nitro groups is 1. The molecule has 1 aromatic carbocycles. The van der Waals surface area contributed by atoms with Gasteiger partial charge in [0.25, 0.3) is 5.69 Å². The fraction of sp³-hybridized carbons (Fsp3) is 0. The molecule has 0 aromatic heterocycles. The molecule has 0 heterocycles. The van der Waals surface area contributed by atoms with E-state index in [0.29, 0.717) is 5.69 Å². The van der Waals surface area contributed by atoms with Crippen LogP contribution in [0.4, 0.5) is 11.4 Å². The van der Waals surface area contributed by atoms with Crippen molar-refractivity contribution in [2.75, 3.05) is 5.43 Å². The fourth-order valence-electron chi connectivity index (χ4n) is 0.918. The third-order valence-corrected chi connectivity index (χ3v) is 1.74. The Kier molecular flexibility index (Phi) is 3.95. The molecule has 17 heavy (non-hydrogen) atoms. The van der Waals surface area contributed by atoms with Crippen molar-refractivity contribution in [3.63, 3.8) is 0 Å². The van der Waals surface area contributed by atoms with E-state index >= 15 is 0 Å². The van der Waals surface area contributed by atoms with Gasteiger partial charge >= 0.3 is 11.8 Å². The largest absolute Gasteiger partial charge is 0.328 e. The van der Waals surface area contributed by atoms with Crippen LogP contribution in [0, 0.1) is 10.1 Å². The molecule has 2 amide bonds. The summed E-state index contributed by atoms with van der Waals surface area (Å²) in [5.41, 5.74) is 6.38. The van der Waals surface area contributed by atoms with Gasteiger partial charge in [0.1, 0.15) is 0 Å². The molecule has 0 unspecified atom stereocenters. The van der Waals surface area contributed by atoms with Gasteiger partial charge in [-0.15, -0.1) is 0 Å². The number of nitro benzene ring substituents is 1. The van der Waals surface area contributed by atoms with E-state index in [1.165, 1.54) is 24.3 Å². The van der Waals surface area contributed by atoms with Gasteiger partial charge in [-0.25, -0.2) is 5.84 Å². The molecule has 90 valence electrons. The Hall–Kier alpha value is -2.68. The molecule has 0 aliphatic heterocycles. The third-order valence-electron chi connectivity index (χ3n) is 1.74. The second kappa shape index (κ2) is 5.42. The Labute approximate surface area is 95.1 Å². The number of nitrogens with zero attached hydrogens (tertiary/aromatic N) is 1. The Morgan fingerprint density at radius 1 is 1.18 bits per heavy atom. The lowest BCUT2D eigenvalue weighted by Crippen LogP contribution is -2.45. The van der Waals surface area contributed by atoms with Gasteiger partial charge in [0.05, 0.1) is 10.6 Å². The van der Waals surface area contributed by atoms with Crippen molar-refractivity contribution in [1.29, 1.82) is 0 Å². The second-order valence-electron chi connectivity index (χ2n) is 2.86. The van der Waals surface area contributed by atoms with Gasteiger partial charge in [-0.05, 0) is 12.1 Å². The fourth-order valence-corrected chi connectivity index (χ4v) is 0.918.